The Balaban J connectivity index is 1.91. The van der Waals surface area contributed by atoms with E-state index in [1.54, 1.807) is 16.7 Å². The number of carbonyl (C=O) groups is 1. The van der Waals surface area contributed by atoms with Crippen LogP contribution in [0, 0.1) is 0 Å². The van der Waals surface area contributed by atoms with E-state index in [2.05, 4.69) is 4.99 Å². The maximum absolute atomic E-state index is 13.1. The van der Waals surface area contributed by atoms with Crippen molar-refractivity contribution in [2.45, 2.75) is 0 Å². The third-order valence-electron chi connectivity index (χ3n) is 3.76. The summed E-state index contributed by atoms with van der Waals surface area (Å²) in [6.07, 6.45) is 0. The molecule has 0 unspecified atom stereocenters. The van der Waals surface area contributed by atoms with E-state index in [1.807, 2.05) is 65.4 Å². The summed E-state index contributed by atoms with van der Waals surface area (Å²) in [7, 11) is 0. The predicted molar refractivity (Wildman–Crippen MR) is 108 cm³/mol. The molecule has 2 aromatic heterocycles. The third-order valence-corrected chi connectivity index (χ3v) is 5.70. The van der Waals surface area contributed by atoms with Crippen LogP contribution in [-0.4, -0.2) is 10.5 Å². The Morgan fingerprint density at radius 3 is 2.38 bits per heavy atom. The van der Waals surface area contributed by atoms with Crippen LogP contribution in [0.4, 0.5) is 5.69 Å². The quantitative estimate of drug-likeness (QED) is 0.427. The van der Waals surface area contributed by atoms with Crippen LogP contribution in [0.5, 0.6) is 0 Å². The number of thiophene rings is 1. The molecular weight excluding hydrogens is 384 g/mol. The second kappa shape index (κ2) is 7.41. The number of nitrogens with zero attached hydrogens (tertiary/aromatic N) is 2. The summed E-state index contributed by atoms with van der Waals surface area (Å²) in [5.41, 5.74) is 2.57. The fourth-order valence-corrected chi connectivity index (χ4v) is 4.21. The van der Waals surface area contributed by atoms with Gasteiger partial charge in [0.1, 0.15) is 0 Å². The molecule has 0 N–H and O–H groups in total. The average Bonchev–Trinajstić information content (AvgIpc) is 3.34. The predicted octanol–water partition coefficient (Wildman–Crippen LogP) is 5.85. The highest BCUT2D eigenvalue weighted by molar-refractivity contribution is 7.12. The van der Waals surface area contributed by atoms with Crippen molar-refractivity contribution in [1.82, 2.24) is 4.57 Å². The van der Waals surface area contributed by atoms with Gasteiger partial charge in [-0.15, -0.1) is 22.7 Å². The molecule has 2 aromatic carbocycles. The minimum atomic E-state index is -0.0761. The maximum atomic E-state index is 13.1. The van der Waals surface area contributed by atoms with E-state index >= 15 is 0 Å². The molecule has 0 atom stereocenters. The molecule has 0 amide bonds. The summed E-state index contributed by atoms with van der Waals surface area (Å²) < 4.78 is 1.68. The van der Waals surface area contributed by atoms with Crippen molar-refractivity contribution in [2.75, 3.05) is 0 Å². The van der Waals surface area contributed by atoms with Crippen LogP contribution in [0.2, 0.25) is 5.02 Å². The number of thiazole rings is 1. The van der Waals surface area contributed by atoms with E-state index in [4.69, 9.17) is 11.6 Å². The fraction of sp³-hybridized carbons (Fsp3) is 0. The molecule has 0 aliphatic carbocycles. The van der Waals surface area contributed by atoms with E-state index in [0.717, 1.165) is 16.9 Å². The molecule has 4 aromatic rings. The van der Waals surface area contributed by atoms with Gasteiger partial charge in [-0.1, -0.05) is 48.0 Å². The van der Waals surface area contributed by atoms with Gasteiger partial charge in [0.05, 0.1) is 16.3 Å². The Morgan fingerprint density at radius 1 is 0.923 bits per heavy atom. The molecule has 128 valence electrons. The van der Waals surface area contributed by atoms with Gasteiger partial charge in [0.2, 0.25) is 0 Å². The Hall–Kier alpha value is -2.47. The Kier molecular flexibility index (Phi) is 4.84. The van der Waals surface area contributed by atoms with Crippen molar-refractivity contribution in [2.24, 2.45) is 4.99 Å². The van der Waals surface area contributed by atoms with Crippen LogP contribution in [-0.2, 0) is 0 Å². The highest BCUT2D eigenvalue weighted by Gasteiger charge is 2.17. The van der Waals surface area contributed by atoms with Gasteiger partial charge in [0, 0.05) is 10.4 Å². The van der Waals surface area contributed by atoms with Crippen LogP contribution in [0.3, 0.4) is 0 Å². The van der Waals surface area contributed by atoms with Crippen LogP contribution in [0.1, 0.15) is 9.67 Å². The highest BCUT2D eigenvalue weighted by atomic mass is 35.5. The topological polar surface area (TPSA) is 34.4 Å². The summed E-state index contributed by atoms with van der Waals surface area (Å²) in [5.74, 6) is -0.0761. The third kappa shape index (κ3) is 3.42. The molecule has 4 rings (SSSR count). The van der Waals surface area contributed by atoms with Crippen molar-refractivity contribution in [3.05, 3.63) is 92.2 Å². The summed E-state index contributed by atoms with van der Waals surface area (Å²) in [6.45, 7) is 0. The lowest BCUT2D eigenvalue weighted by molar-refractivity contribution is 0.0963. The number of rotatable bonds is 3. The molecule has 6 heteroatoms. The van der Waals surface area contributed by atoms with E-state index in [1.165, 1.54) is 22.7 Å². The monoisotopic (exact) mass is 396 g/mol. The average molecular weight is 397 g/mol. The highest BCUT2D eigenvalue weighted by Crippen LogP contribution is 2.23. The number of hydrogen-bond acceptors (Lipinski definition) is 4. The zero-order valence-electron chi connectivity index (χ0n) is 13.5. The molecule has 0 saturated heterocycles. The van der Waals surface area contributed by atoms with E-state index in [-0.39, 0.29) is 5.91 Å². The minimum absolute atomic E-state index is 0.0761. The first-order chi connectivity index (χ1) is 12.7. The normalized spacial score (nSPS) is 11.7. The van der Waals surface area contributed by atoms with Crippen LogP contribution in [0.25, 0.3) is 11.3 Å². The first-order valence-electron chi connectivity index (χ1n) is 7.87. The van der Waals surface area contributed by atoms with E-state index < -0.39 is 0 Å². The van der Waals surface area contributed by atoms with Crippen LogP contribution < -0.4 is 4.80 Å². The maximum Gasteiger partial charge on any atom is 0.274 e. The minimum Gasteiger partial charge on any atom is -0.267 e. The van der Waals surface area contributed by atoms with Crippen molar-refractivity contribution in [3.8, 4) is 11.3 Å². The molecule has 0 fully saturated rings. The zero-order valence-corrected chi connectivity index (χ0v) is 15.9. The van der Waals surface area contributed by atoms with Gasteiger partial charge in [-0.3, -0.25) is 4.79 Å². The summed E-state index contributed by atoms with van der Waals surface area (Å²) in [4.78, 5) is 19.1. The van der Waals surface area contributed by atoms with E-state index in [0.29, 0.717) is 14.7 Å². The van der Waals surface area contributed by atoms with Gasteiger partial charge in [-0.25, -0.2) is 9.56 Å². The Morgan fingerprint density at radius 2 is 1.69 bits per heavy atom. The van der Waals surface area contributed by atoms with Gasteiger partial charge < -0.3 is 0 Å². The number of carbonyl (C=O) groups excluding carboxylic acids is 1. The molecule has 26 heavy (non-hydrogen) atoms. The van der Waals surface area contributed by atoms with Gasteiger partial charge in [0.25, 0.3) is 5.91 Å². The van der Waals surface area contributed by atoms with Gasteiger partial charge in [0.15, 0.2) is 4.80 Å². The number of hydrogen-bond donors (Lipinski definition) is 0. The lowest BCUT2D eigenvalue weighted by atomic mass is 10.2. The smallest absolute Gasteiger partial charge is 0.267 e. The van der Waals surface area contributed by atoms with Crippen LogP contribution >= 0.6 is 34.3 Å². The first-order valence-corrected chi connectivity index (χ1v) is 10.0. The number of halogens is 1. The largest absolute Gasteiger partial charge is 0.274 e. The SMILES string of the molecule is O=C(c1cccs1)n1c(-c2ccccc2)csc1=Nc1ccc(Cl)cc1. The molecule has 2 heterocycles. The molecule has 0 aliphatic rings. The second-order valence-electron chi connectivity index (χ2n) is 5.48. The summed E-state index contributed by atoms with van der Waals surface area (Å²) in [6, 6.07) is 20.8. The molecular formula is C20H13ClN2OS2. The lowest BCUT2D eigenvalue weighted by Crippen LogP contribution is -2.23. The fourth-order valence-electron chi connectivity index (χ4n) is 2.53. The molecule has 3 nitrogen and oxygen atoms in total. The van der Waals surface area contributed by atoms with Gasteiger partial charge >= 0.3 is 0 Å². The molecule has 0 bridgehead atoms. The molecule has 0 radical (unpaired) electrons. The Labute approximate surface area is 163 Å². The molecule has 0 saturated carbocycles. The number of aromatic nitrogens is 1. The summed E-state index contributed by atoms with van der Waals surface area (Å²) in [5, 5.41) is 4.52. The van der Waals surface area contributed by atoms with Crippen molar-refractivity contribution < 1.29 is 4.79 Å². The second-order valence-corrected chi connectivity index (χ2v) is 7.70. The Bertz CT molecular complexity index is 1090. The number of benzene rings is 2. The lowest BCUT2D eigenvalue weighted by Gasteiger charge is -2.06. The molecule has 0 aliphatic heterocycles. The van der Waals surface area contributed by atoms with E-state index in [9.17, 15) is 4.79 Å². The van der Waals surface area contributed by atoms with Gasteiger partial charge in [-0.2, -0.15) is 0 Å². The first kappa shape index (κ1) is 17.0. The van der Waals surface area contributed by atoms with Gasteiger partial charge in [-0.05, 0) is 41.3 Å². The van der Waals surface area contributed by atoms with Crippen molar-refractivity contribution >= 4 is 45.9 Å². The van der Waals surface area contributed by atoms with Crippen LogP contribution in [0.15, 0.2) is 82.5 Å². The summed E-state index contributed by atoms with van der Waals surface area (Å²) >= 11 is 8.82. The molecule has 0 spiro atoms. The van der Waals surface area contributed by atoms with Crippen molar-refractivity contribution in [3.63, 3.8) is 0 Å². The zero-order chi connectivity index (χ0) is 17.9. The van der Waals surface area contributed by atoms with Crippen molar-refractivity contribution in [1.29, 1.82) is 0 Å². The standard InChI is InChI=1S/C20H13ClN2OS2/c21-15-8-10-16(11-9-15)22-20-23(19(24)18-7-4-12-25-18)17(13-26-20)14-5-2-1-3-6-14/h1-13H.